The molecule has 5 nitrogen and oxygen atoms in total. The zero-order valence-electron chi connectivity index (χ0n) is 9.25. The van der Waals surface area contributed by atoms with Crippen molar-refractivity contribution < 1.29 is 9.26 Å². The van der Waals surface area contributed by atoms with Crippen LogP contribution in [0.2, 0.25) is 0 Å². The summed E-state index contributed by atoms with van der Waals surface area (Å²) in [5.41, 5.74) is -0.353. The van der Waals surface area contributed by atoms with E-state index < -0.39 is 0 Å². The highest BCUT2D eigenvalue weighted by Gasteiger charge is 2.34. The van der Waals surface area contributed by atoms with Gasteiger partial charge >= 0.3 is 0 Å². The molecule has 5 heteroatoms. The minimum Gasteiger partial charge on any atom is -0.367 e. The SMILES string of the molecule is CNCc1nc(C2(C)CCCCO2)no1. The molecule has 1 saturated heterocycles. The number of aromatic nitrogens is 2. The fraction of sp³-hybridized carbons (Fsp3) is 0.800. The van der Waals surface area contributed by atoms with Gasteiger partial charge in [-0.2, -0.15) is 4.98 Å². The predicted molar refractivity (Wildman–Crippen MR) is 54.2 cm³/mol. The van der Waals surface area contributed by atoms with Crippen LogP contribution in [0.25, 0.3) is 0 Å². The summed E-state index contributed by atoms with van der Waals surface area (Å²) in [6.07, 6.45) is 3.24. The molecule has 1 N–H and O–H groups in total. The minimum absolute atomic E-state index is 0.353. The second-order valence-corrected chi connectivity index (χ2v) is 4.08. The van der Waals surface area contributed by atoms with E-state index in [0.717, 1.165) is 25.9 Å². The molecule has 0 aromatic carbocycles. The third-order valence-electron chi connectivity index (χ3n) is 2.74. The van der Waals surface area contributed by atoms with Gasteiger partial charge in [-0.25, -0.2) is 0 Å². The van der Waals surface area contributed by atoms with E-state index in [1.54, 1.807) is 0 Å². The van der Waals surface area contributed by atoms with Crippen LogP contribution < -0.4 is 5.32 Å². The highest BCUT2D eigenvalue weighted by Crippen LogP contribution is 2.32. The Hall–Kier alpha value is -0.940. The summed E-state index contributed by atoms with van der Waals surface area (Å²) in [5, 5.41) is 6.95. The normalized spacial score (nSPS) is 26.8. The first kappa shape index (κ1) is 10.6. The molecule has 0 spiro atoms. The molecular formula is C10H17N3O2. The van der Waals surface area contributed by atoms with Crippen molar-refractivity contribution in [1.82, 2.24) is 15.5 Å². The van der Waals surface area contributed by atoms with Crippen molar-refractivity contribution in [2.45, 2.75) is 38.3 Å². The fourth-order valence-corrected chi connectivity index (χ4v) is 1.80. The summed E-state index contributed by atoms with van der Waals surface area (Å²) >= 11 is 0. The molecule has 2 rings (SSSR count). The van der Waals surface area contributed by atoms with Crippen molar-refractivity contribution in [3.05, 3.63) is 11.7 Å². The monoisotopic (exact) mass is 211 g/mol. The molecule has 1 unspecified atom stereocenters. The van der Waals surface area contributed by atoms with Gasteiger partial charge in [-0.15, -0.1) is 0 Å². The van der Waals surface area contributed by atoms with Gasteiger partial charge in [-0.1, -0.05) is 5.16 Å². The first-order valence-corrected chi connectivity index (χ1v) is 5.36. The summed E-state index contributed by atoms with van der Waals surface area (Å²) in [7, 11) is 1.85. The third kappa shape index (κ3) is 2.18. The van der Waals surface area contributed by atoms with Crippen LogP contribution in [-0.4, -0.2) is 23.8 Å². The van der Waals surface area contributed by atoms with Gasteiger partial charge in [-0.05, 0) is 33.2 Å². The van der Waals surface area contributed by atoms with E-state index in [1.807, 2.05) is 14.0 Å². The zero-order valence-corrected chi connectivity index (χ0v) is 9.25. The quantitative estimate of drug-likeness (QED) is 0.814. The maximum absolute atomic E-state index is 5.74. The van der Waals surface area contributed by atoms with Gasteiger partial charge in [0.05, 0.1) is 6.54 Å². The van der Waals surface area contributed by atoms with E-state index in [1.165, 1.54) is 0 Å². The number of ether oxygens (including phenoxy) is 1. The number of nitrogens with zero attached hydrogens (tertiary/aromatic N) is 2. The van der Waals surface area contributed by atoms with E-state index in [9.17, 15) is 0 Å². The molecule has 0 saturated carbocycles. The Balaban J connectivity index is 2.12. The van der Waals surface area contributed by atoms with Crippen molar-refractivity contribution in [1.29, 1.82) is 0 Å². The van der Waals surface area contributed by atoms with Crippen molar-refractivity contribution in [3.8, 4) is 0 Å². The molecule has 0 amide bonds. The molecular weight excluding hydrogens is 194 g/mol. The predicted octanol–water partition coefficient (Wildman–Crippen LogP) is 1.20. The Morgan fingerprint density at radius 1 is 1.47 bits per heavy atom. The maximum Gasteiger partial charge on any atom is 0.240 e. The van der Waals surface area contributed by atoms with E-state index in [2.05, 4.69) is 15.5 Å². The average Bonchev–Trinajstić information content (AvgIpc) is 2.69. The Morgan fingerprint density at radius 2 is 2.33 bits per heavy atom. The lowest BCUT2D eigenvalue weighted by atomic mass is 9.95. The van der Waals surface area contributed by atoms with E-state index >= 15 is 0 Å². The topological polar surface area (TPSA) is 60.2 Å². The molecule has 15 heavy (non-hydrogen) atoms. The van der Waals surface area contributed by atoms with Gasteiger partial charge in [0.15, 0.2) is 0 Å². The molecule has 0 radical (unpaired) electrons. The second-order valence-electron chi connectivity index (χ2n) is 4.08. The van der Waals surface area contributed by atoms with Crippen LogP contribution in [0.4, 0.5) is 0 Å². The van der Waals surface area contributed by atoms with Crippen molar-refractivity contribution in [2.24, 2.45) is 0 Å². The van der Waals surface area contributed by atoms with Crippen molar-refractivity contribution >= 4 is 0 Å². The molecule has 1 atom stereocenters. The van der Waals surface area contributed by atoms with Crippen LogP contribution in [-0.2, 0) is 16.9 Å². The lowest BCUT2D eigenvalue weighted by Crippen LogP contribution is -2.31. The van der Waals surface area contributed by atoms with Gasteiger partial charge in [0.1, 0.15) is 5.60 Å². The molecule has 1 aromatic heterocycles. The van der Waals surface area contributed by atoms with Crippen LogP contribution in [0.1, 0.15) is 37.9 Å². The second kappa shape index (κ2) is 4.28. The van der Waals surface area contributed by atoms with Gasteiger partial charge in [0.2, 0.25) is 11.7 Å². The Bertz CT molecular complexity index is 318. The highest BCUT2D eigenvalue weighted by molar-refractivity contribution is 5.00. The average molecular weight is 211 g/mol. The largest absolute Gasteiger partial charge is 0.367 e. The lowest BCUT2D eigenvalue weighted by molar-refractivity contribution is -0.0770. The van der Waals surface area contributed by atoms with Gasteiger partial charge in [0.25, 0.3) is 0 Å². The summed E-state index contributed by atoms with van der Waals surface area (Å²) in [5.74, 6) is 1.29. The molecule has 1 aliphatic heterocycles. The van der Waals surface area contributed by atoms with Crippen LogP contribution in [0.3, 0.4) is 0 Å². The molecule has 1 aromatic rings. The summed E-state index contributed by atoms with van der Waals surface area (Å²) in [6.45, 7) is 3.41. The van der Waals surface area contributed by atoms with E-state index in [4.69, 9.17) is 9.26 Å². The highest BCUT2D eigenvalue weighted by atomic mass is 16.5. The third-order valence-corrected chi connectivity index (χ3v) is 2.74. The molecule has 0 aliphatic carbocycles. The van der Waals surface area contributed by atoms with E-state index in [0.29, 0.717) is 18.3 Å². The number of hydrogen-bond acceptors (Lipinski definition) is 5. The Labute approximate surface area is 89.2 Å². The van der Waals surface area contributed by atoms with Gasteiger partial charge in [-0.3, -0.25) is 0 Å². The summed E-state index contributed by atoms with van der Waals surface area (Å²) in [4.78, 5) is 4.33. The van der Waals surface area contributed by atoms with Crippen LogP contribution >= 0.6 is 0 Å². The summed E-state index contributed by atoms with van der Waals surface area (Å²) < 4.78 is 10.9. The van der Waals surface area contributed by atoms with Crippen molar-refractivity contribution in [2.75, 3.05) is 13.7 Å². The minimum atomic E-state index is -0.353. The standard InChI is InChI=1S/C10H17N3O2/c1-10(5-3-4-6-14-10)9-12-8(7-11-2)15-13-9/h11H,3-7H2,1-2H3. The van der Waals surface area contributed by atoms with Crippen molar-refractivity contribution in [3.63, 3.8) is 0 Å². The Morgan fingerprint density at radius 3 is 3.00 bits per heavy atom. The molecule has 2 heterocycles. The van der Waals surface area contributed by atoms with Crippen LogP contribution in [0.15, 0.2) is 4.52 Å². The smallest absolute Gasteiger partial charge is 0.240 e. The number of nitrogens with one attached hydrogen (secondary N) is 1. The molecule has 0 bridgehead atoms. The lowest BCUT2D eigenvalue weighted by Gasteiger charge is -2.30. The number of hydrogen-bond donors (Lipinski definition) is 1. The van der Waals surface area contributed by atoms with E-state index in [-0.39, 0.29) is 5.60 Å². The summed E-state index contributed by atoms with van der Waals surface area (Å²) in [6, 6.07) is 0. The molecule has 1 aliphatic rings. The molecule has 1 fully saturated rings. The van der Waals surface area contributed by atoms with Gasteiger partial charge < -0.3 is 14.6 Å². The first-order valence-electron chi connectivity index (χ1n) is 5.36. The maximum atomic E-state index is 5.74. The van der Waals surface area contributed by atoms with Crippen LogP contribution in [0.5, 0.6) is 0 Å². The fourth-order valence-electron chi connectivity index (χ4n) is 1.80. The zero-order chi connectivity index (χ0) is 10.7. The number of rotatable bonds is 3. The van der Waals surface area contributed by atoms with Crippen LogP contribution in [0, 0.1) is 0 Å². The Kier molecular flexibility index (Phi) is 3.02. The van der Waals surface area contributed by atoms with Gasteiger partial charge in [0, 0.05) is 6.61 Å². The molecule has 84 valence electrons. The first-order chi connectivity index (χ1) is 7.24.